The summed E-state index contributed by atoms with van der Waals surface area (Å²) in [6.07, 6.45) is 7.40. The zero-order valence-corrected chi connectivity index (χ0v) is 9.02. The topological polar surface area (TPSA) is 56.7 Å². The van der Waals surface area contributed by atoms with Gasteiger partial charge in [0.15, 0.2) is 0 Å². The van der Waals surface area contributed by atoms with Crippen molar-refractivity contribution in [3.63, 3.8) is 0 Å². The van der Waals surface area contributed by atoms with Gasteiger partial charge in [0.25, 0.3) is 0 Å². The molecule has 0 unspecified atom stereocenters. The molecule has 2 aliphatic rings. The number of hydrogen-bond donors (Lipinski definition) is 1. The maximum absolute atomic E-state index is 5.60. The Morgan fingerprint density at radius 1 is 1.27 bits per heavy atom. The summed E-state index contributed by atoms with van der Waals surface area (Å²) in [5.74, 6) is 0.900. The zero-order valence-electron chi connectivity index (χ0n) is 9.02. The molecule has 0 amide bonds. The van der Waals surface area contributed by atoms with E-state index in [4.69, 9.17) is 5.73 Å². The van der Waals surface area contributed by atoms with Crippen LogP contribution in [-0.2, 0) is 12.8 Å². The van der Waals surface area contributed by atoms with Crippen molar-refractivity contribution in [2.75, 3.05) is 6.54 Å². The van der Waals surface area contributed by atoms with Crippen LogP contribution < -0.4 is 5.73 Å². The molecule has 0 atom stereocenters. The molecule has 4 nitrogen and oxygen atoms in total. The van der Waals surface area contributed by atoms with Gasteiger partial charge in [-0.2, -0.15) is 0 Å². The summed E-state index contributed by atoms with van der Waals surface area (Å²) < 4.78 is 2.17. The van der Waals surface area contributed by atoms with E-state index in [1.807, 2.05) is 0 Å². The molecule has 4 heteroatoms. The number of aromatic nitrogens is 3. The number of nitrogens with two attached hydrogens (primary N) is 1. The Labute approximate surface area is 89.8 Å². The lowest BCUT2D eigenvalue weighted by Gasteiger charge is -2.05. The second kappa shape index (κ2) is 3.59. The first-order valence-corrected chi connectivity index (χ1v) is 6.01. The summed E-state index contributed by atoms with van der Waals surface area (Å²) in [4.78, 5) is 0. The molecule has 1 aromatic heterocycles. The standard InChI is InChI=1S/C11H18N4/c12-6-5-10-11(7-8-1-2-8)15(14-13-10)9-3-4-9/h8-9H,1-7,12H2. The summed E-state index contributed by atoms with van der Waals surface area (Å²) in [5.41, 5.74) is 8.13. The third-order valence-corrected chi connectivity index (χ3v) is 3.32. The normalized spacial score (nSPS) is 20.9. The van der Waals surface area contributed by atoms with E-state index >= 15 is 0 Å². The monoisotopic (exact) mass is 206 g/mol. The highest BCUT2D eigenvalue weighted by Crippen LogP contribution is 2.38. The Morgan fingerprint density at radius 2 is 2.07 bits per heavy atom. The highest BCUT2D eigenvalue weighted by Gasteiger charge is 2.31. The summed E-state index contributed by atoms with van der Waals surface area (Å²) in [6.45, 7) is 0.682. The smallest absolute Gasteiger partial charge is 0.0871 e. The van der Waals surface area contributed by atoms with Crippen LogP contribution in [0.1, 0.15) is 43.1 Å². The Bertz CT molecular complexity index is 349. The molecule has 0 aliphatic heterocycles. The van der Waals surface area contributed by atoms with Gasteiger partial charge in [-0.05, 0) is 44.6 Å². The molecular weight excluding hydrogens is 188 g/mol. The van der Waals surface area contributed by atoms with Gasteiger partial charge in [0.2, 0.25) is 0 Å². The molecule has 2 fully saturated rings. The maximum Gasteiger partial charge on any atom is 0.0871 e. The zero-order chi connectivity index (χ0) is 10.3. The van der Waals surface area contributed by atoms with Gasteiger partial charge in [-0.15, -0.1) is 5.10 Å². The highest BCUT2D eigenvalue weighted by atomic mass is 15.5. The van der Waals surface area contributed by atoms with E-state index in [0.29, 0.717) is 12.6 Å². The Morgan fingerprint density at radius 3 is 2.67 bits per heavy atom. The highest BCUT2D eigenvalue weighted by molar-refractivity contribution is 5.15. The molecule has 1 aromatic rings. The molecule has 2 aliphatic carbocycles. The summed E-state index contributed by atoms with van der Waals surface area (Å²) in [7, 11) is 0. The molecule has 3 rings (SSSR count). The van der Waals surface area contributed by atoms with E-state index in [0.717, 1.165) is 18.0 Å². The molecule has 1 heterocycles. The number of rotatable bonds is 5. The number of hydrogen-bond acceptors (Lipinski definition) is 3. The van der Waals surface area contributed by atoms with Gasteiger partial charge in [0, 0.05) is 6.42 Å². The van der Waals surface area contributed by atoms with Crippen molar-refractivity contribution in [1.82, 2.24) is 15.0 Å². The van der Waals surface area contributed by atoms with Gasteiger partial charge in [-0.25, -0.2) is 4.68 Å². The van der Waals surface area contributed by atoms with Crippen LogP contribution in [0.4, 0.5) is 0 Å². The van der Waals surface area contributed by atoms with Crippen LogP contribution in [0.2, 0.25) is 0 Å². The molecule has 2 N–H and O–H groups in total. The maximum atomic E-state index is 5.60. The van der Waals surface area contributed by atoms with Crippen molar-refractivity contribution in [2.45, 2.75) is 44.6 Å². The van der Waals surface area contributed by atoms with Crippen LogP contribution in [0.25, 0.3) is 0 Å². The first kappa shape index (κ1) is 9.33. The fourth-order valence-electron chi connectivity index (χ4n) is 2.10. The van der Waals surface area contributed by atoms with E-state index in [1.54, 1.807) is 0 Å². The second-order valence-electron chi connectivity index (χ2n) is 4.84. The third-order valence-electron chi connectivity index (χ3n) is 3.32. The summed E-state index contributed by atoms with van der Waals surface area (Å²) >= 11 is 0. The van der Waals surface area contributed by atoms with E-state index in [1.165, 1.54) is 37.8 Å². The molecule has 0 bridgehead atoms. The van der Waals surface area contributed by atoms with E-state index < -0.39 is 0 Å². The van der Waals surface area contributed by atoms with Crippen LogP contribution in [0.5, 0.6) is 0 Å². The van der Waals surface area contributed by atoms with Crippen molar-refractivity contribution < 1.29 is 0 Å². The van der Waals surface area contributed by atoms with Crippen molar-refractivity contribution in [3.05, 3.63) is 11.4 Å². The van der Waals surface area contributed by atoms with Crippen molar-refractivity contribution in [3.8, 4) is 0 Å². The van der Waals surface area contributed by atoms with Gasteiger partial charge in [0.1, 0.15) is 0 Å². The largest absolute Gasteiger partial charge is 0.330 e. The molecule has 0 saturated heterocycles. The summed E-state index contributed by atoms with van der Waals surface area (Å²) in [6, 6.07) is 0.651. The minimum absolute atomic E-state index is 0.651. The fraction of sp³-hybridized carbons (Fsp3) is 0.818. The van der Waals surface area contributed by atoms with Crippen LogP contribution in [0, 0.1) is 5.92 Å². The van der Waals surface area contributed by atoms with Crippen LogP contribution in [-0.4, -0.2) is 21.5 Å². The molecule has 0 radical (unpaired) electrons. The quantitative estimate of drug-likeness (QED) is 0.784. The van der Waals surface area contributed by atoms with Gasteiger partial charge in [-0.1, -0.05) is 5.21 Å². The van der Waals surface area contributed by atoms with E-state index in [2.05, 4.69) is 15.0 Å². The molecular formula is C11H18N4. The van der Waals surface area contributed by atoms with Crippen LogP contribution >= 0.6 is 0 Å². The first-order valence-electron chi connectivity index (χ1n) is 6.01. The Kier molecular flexibility index (Phi) is 2.24. The van der Waals surface area contributed by atoms with Crippen molar-refractivity contribution >= 4 is 0 Å². The Hall–Kier alpha value is -0.900. The Balaban J connectivity index is 1.84. The minimum Gasteiger partial charge on any atom is -0.330 e. The van der Waals surface area contributed by atoms with Gasteiger partial charge >= 0.3 is 0 Å². The summed E-state index contributed by atoms with van der Waals surface area (Å²) in [5, 5.41) is 8.57. The lowest BCUT2D eigenvalue weighted by molar-refractivity contribution is 0.571. The third kappa shape index (κ3) is 1.91. The van der Waals surface area contributed by atoms with Gasteiger partial charge < -0.3 is 5.73 Å². The molecule has 82 valence electrons. The molecule has 15 heavy (non-hydrogen) atoms. The average molecular weight is 206 g/mol. The van der Waals surface area contributed by atoms with Crippen molar-refractivity contribution in [1.29, 1.82) is 0 Å². The van der Waals surface area contributed by atoms with Gasteiger partial charge in [0.05, 0.1) is 17.4 Å². The predicted octanol–water partition coefficient (Wildman–Crippen LogP) is 1.07. The average Bonchev–Trinajstić information content (AvgIpc) is 3.10. The lowest BCUT2D eigenvalue weighted by atomic mass is 10.1. The fourth-order valence-corrected chi connectivity index (χ4v) is 2.10. The second-order valence-corrected chi connectivity index (χ2v) is 4.84. The molecule has 0 aromatic carbocycles. The van der Waals surface area contributed by atoms with Gasteiger partial charge in [-0.3, -0.25) is 0 Å². The van der Waals surface area contributed by atoms with Crippen LogP contribution in [0.3, 0.4) is 0 Å². The van der Waals surface area contributed by atoms with E-state index in [-0.39, 0.29) is 0 Å². The minimum atomic E-state index is 0.651. The van der Waals surface area contributed by atoms with Crippen LogP contribution in [0.15, 0.2) is 0 Å². The van der Waals surface area contributed by atoms with E-state index in [9.17, 15) is 0 Å². The predicted molar refractivity (Wildman–Crippen MR) is 57.5 cm³/mol. The SMILES string of the molecule is NCCc1nnn(C2CC2)c1CC1CC1. The lowest BCUT2D eigenvalue weighted by Crippen LogP contribution is -2.08. The molecule has 2 saturated carbocycles. The van der Waals surface area contributed by atoms with Crippen molar-refractivity contribution in [2.24, 2.45) is 11.7 Å². The number of nitrogens with zero attached hydrogens (tertiary/aromatic N) is 3. The first-order chi connectivity index (χ1) is 7.38. The molecule has 0 spiro atoms.